The number of carbonyl (C=O) groups excluding carboxylic acids is 3. The van der Waals surface area contributed by atoms with Crippen LogP contribution in [0.3, 0.4) is 0 Å². The van der Waals surface area contributed by atoms with E-state index in [9.17, 15) is 14.4 Å². The lowest BCUT2D eigenvalue weighted by molar-refractivity contribution is -0.123. The SMILES string of the molecule is O=C(CCC(=O)c1ccc(Cl)cc1)NCCNC(=O)C1CC1. The highest BCUT2D eigenvalue weighted by Crippen LogP contribution is 2.28. The average Bonchev–Trinajstić information content (AvgIpc) is 3.34. The van der Waals surface area contributed by atoms with Crippen LogP contribution in [-0.4, -0.2) is 30.7 Å². The Kier molecular flexibility index (Phi) is 5.95. The Labute approximate surface area is 134 Å². The van der Waals surface area contributed by atoms with Crippen molar-refractivity contribution in [1.29, 1.82) is 0 Å². The topological polar surface area (TPSA) is 75.3 Å². The fourth-order valence-corrected chi connectivity index (χ4v) is 2.10. The predicted molar refractivity (Wildman–Crippen MR) is 83.8 cm³/mol. The van der Waals surface area contributed by atoms with Crippen molar-refractivity contribution in [3.63, 3.8) is 0 Å². The molecule has 1 saturated carbocycles. The van der Waals surface area contributed by atoms with Crippen LogP contribution < -0.4 is 10.6 Å². The standard InChI is InChI=1S/C16H19ClN2O3/c17-13-5-3-11(4-6-13)14(20)7-8-15(21)18-9-10-19-16(22)12-1-2-12/h3-6,12H,1-2,7-10H2,(H,18,21)(H,19,22). The highest BCUT2D eigenvalue weighted by molar-refractivity contribution is 6.30. The van der Waals surface area contributed by atoms with Gasteiger partial charge in [-0.05, 0) is 37.1 Å². The minimum Gasteiger partial charge on any atom is -0.354 e. The average molecular weight is 323 g/mol. The number of rotatable bonds is 8. The van der Waals surface area contributed by atoms with Gasteiger partial charge < -0.3 is 10.6 Å². The van der Waals surface area contributed by atoms with Crippen LogP contribution in [0.4, 0.5) is 0 Å². The first kappa shape index (κ1) is 16.5. The van der Waals surface area contributed by atoms with Crippen molar-refractivity contribution < 1.29 is 14.4 Å². The Morgan fingerprint density at radius 1 is 1.00 bits per heavy atom. The van der Waals surface area contributed by atoms with Crippen molar-refractivity contribution in [3.8, 4) is 0 Å². The molecule has 1 aliphatic rings. The number of carbonyl (C=O) groups is 3. The zero-order valence-electron chi connectivity index (χ0n) is 12.2. The first-order chi connectivity index (χ1) is 10.6. The van der Waals surface area contributed by atoms with Gasteiger partial charge in [-0.3, -0.25) is 14.4 Å². The highest BCUT2D eigenvalue weighted by Gasteiger charge is 2.28. The van der Waals surface area contributed by atoms with Crippen molar-refractivity contribution >= 4 is 29.2 Å². The van der Waals surface area contributed by atoms with Crippen LogP contribution in [0.2, 0.25) is 5.02 Å². The van der Waals surface area contributed by atoms with E-state index < -0.39 is 0 Å². The molecule has 0 spiro atoms. The molecule has 0 aliphatic heterocycles. The first-order valence-electron chi connectivity index (χ1n) is 7.39. The zero-order valence-corrected chi connectivity index (χ0v) is 13.0. The van der Waals surface area contributed by atoms with Crippen LogP contribution in [0.5, 0.6) is 0 Å². The summed E-state index contributed by atoms with van der Waals surface area (Å²) >= 11 is 5.76. The fraction of sp³-hybridized carbons (Fsp3) is 0.438. The summed E-state index contributed by atoms with van der Waals surface area (Å²) in [7, 11) is 0. The van der Waals surface area contributed by atoms with Crippen molar-refractivity contribution in [1.82, 2.24) is 10.6 Å². The van der Waals surface area contributed by atoms with Crippen LogP contribution in [0, 0.1) is 5.92 Å². The van der Waals surface area contributed by atoms with Gasteiger partial charge in [0.05, 0.1) is 0 Å². The van der Waals surface area contributed by atoms with Crippen molar-refractivity contribution in [2.24, 2.45) is 5.92 Å². The molecular weight excluding hydrogens is 304 g/mol. The molecule has 0 heterocycles. The third kappa shape index (κ3) is 5.48. The third-order valence-electron chi connectivity index (χ3n) is 3.44. The number of benzene rings is 1. The molecular formula is C16H19ClN2O3. The number of Topliss-reactive ketones (excluding diaryl/α,β-unsaturated/α-hetero) is 1. The van der Waals surface area contributed by atoms with Gasteiger partial charge in [-0.1, -0.05) is 11.6 Å². The maximum atomic E-state index is 11.9. The van der Waals surface area contributed by atoms with Crippen LogP contribution in [0.15, 0.2) is 24.3 Å². The second-order valence-electron chi connectivity index (χ2n) is 5.35. The van der Waals surface area contributed by atoms with E-state index in [2.05, 4.69) is 10.6 Å². The summed E-state index contributed by atoms with van der Waals surface area (Å²) in [6.07, 6.45) is 2.22. The second-order valence-corrected chi connectivity index (χ2v) is 5.78. The minimum atomic E-state index is -0.192. The maximum Gasteiger partial charge on any atom is 0.223 e. The van der Waals surface area contributed by atoms with E-state index in [0.29, 0.717) is 23.7 Å². The lowest BCUT2D eigenvalue weighted by Gasteiger charge is -2.06. The highest BCUT2D eigenvalue weighted by atomic mass is 35.5. The molecule has 1 fully saturated rings. The van der Waals surface area contributed by atoms with Gasteiger partial charge in [0, 0.05) is 42.4 Å². The molecule has 5 nitrogen and oxygen atoms in total. The van der Waals surface area contributed by atoms with E-state index >= 15 is 0 Å². The Hall–Kier alpha value is -1.88. The molecule has 1 aliphatic carbocycles. The fourth-order valence-electron chi connectivity index (χ4n) is 1.97. The van der Waals surface area contributed by atoms with E-state index in [4.69, 9.17) is 11.6 Å². The molecule has 0 unspecified atom stereocenters. The van der Waals surface area contributed by atoms with E-state index in [1.165, 1.54) is 0 Å². The molecule has 118 valence electrons. The quantitative estimate of drug-likeness (QED) is 0.567. The lowest BCUT2D eigenvalue weighted by Crippen LogP contribution is -2.35. The van der Waals surface area contributed by atoms with Gasteiger partial charge in [-0.25, -0.2) is 0 Å². The summed E-state index contributed by atoms with van der Waals surface area (Å²) in [6, 6.07) is 6.60. The molecule has 0 aromatic heterocycles. The van der Waals surface area contributed by atoms with Gasteiger partial charge >= 0.3 is 0 Å². The molecule has 6 heteroatoms. The van der Waals surface area contributed by atoms with Gasteiger partial charge in [0.1, 0.15) is 0 Å². The summed E-state index contributed by atoms with van der Waals surface area (Å²) < 4.78 is 0. The molecule has 0 radical (unpaired) electrons. The van der Waals surface area contributed by atoms with E-state index in [1.807, 2.05) is 0 Å². The number of hydrogen-bond donors (Lipinski definition) is 2. The molecule has 1 aromatic rings. The Morgan fingerprint density at radius 2 is 1.64 bits per heavy atom. The summed E-state index contributed by atoms with van der Waals surface area (Å²) in [4.78, 5) is 34.9. The van der Waals surface area contributed by atoms with Crippen LogP contribution >= 0.6 is 11.6 Å². The maximum absolute atomic E-state index is 11.9. The molecule has 0 atom stereocenters. The Bertz CT molecular complexity index is 553. The van der Waals surface area contributed by atoms with Crippen LogP contribution in [0.1, 0.15) is 36.0 Å². The van der Waals surface area contributed by atoms with Gasteiger partial charge in [0.25, 0.3) is 0 Å². The number of hydrogen-bond acceptors (Lipinski definition) is 3. The Morgan fingerprint density at radius 3 is 2.27 bits per heavy atom. The molecule has 2 amide bonds. The van der Waals surface area contributed by atoms with Crippen molar-refractivity contribution in [2.45, 2.75) is 25.7 Å². The smallest absolute Gasteiger partial charge is 0.223 e. The van der Waals surface area contributed by atoms with E-state index in [0.717, 1.165) is 12.8 Å². The van der Waals surface area contributed by atoms with E-state index in [1.54, 1.807) is 24.3 Å². The summed E-state index contributed by atoms with van der Waals surface area (Å²) in [6.45, 7) is 0.804. The monoisotopic (exact) mass is 322 g/mol. The Balaban J connectivity index is 1.59. The third-order valence-corrected chi connectivity index (χ3v) is 3.69. The minimum absolute atomic E-state index is 0.0622. The van der Waals surface area contributed by atoms with Gasteiger partial charge in [0.2, 0.25) is 11.8 Å². The molecule has 2 N–H and O–H groups in total. The predicted octanol–water partition coefficient (Wildman–Crippen LogP) is 1.95. The molecule has 0 bridgehead atoms. The molecule has 22 heavy (non-hydrogen) atoms. The summed E-state index contributed by atoms with van der Waals surface area (Å²) in [5.41, 5.74) is 0.550. The lowest BCUT2D eigenvalue weighted by atomic mass is 10.1. The first-order valence-corrected chi connectivity index (χ1v) is 7.77. The number of halogens is 1. The zero-order chi connectivity index (χ0) is 15.9. The second kappa shape index (κ2) is 7.94. The largest absolute Gasteiger partial charge is 0.354 e. The van der Waals surface area contributed by atoms with Crippen molar-refractivity contribution in [3.05, 3.63) is 34.9 Å². The van der Waals surface area contributed by atoms with Gasteiger partial charge in [-0.15, -0.1) is 0 Å². The van der Waals surface area contributed by atoms with Gasteiger partial charge in [-0.2, -0.15) is 0 Å². The summed E-state index contributed by atoms with van der Waals surface area (Å²) in [5, 5.41) is 6.02. The summed E-state index contributed by atoms with van der Waals surface area (Å²) in [5.74, 6) is -0.0447. The van der Waals surface area contributed by atoms with Crippen LogP contribution in [-0.2, 0) is 9.59 Å². The number of ketones is 1. The normalized spacial score (nSPS) is 13.5. The molecule has 0 saturated heterocycles. The number of amides is 2. The number of nitrogens with one attached hydrogen (secondary N) is 2. The van der Waals surface area contributed by atoms with E-state index in [-0.39, 0.29) is 36.4 Å². The van der Waals surface area contributed by atoms with Crippen LogP contribution in [0.25, 0.3) is 0 Å². The van der Waals surface area contributed by atoms with Crippen molar-refractivity contribution in [2.75, 3.05) is 13.1 Å². The van der Waals surface area contributed by atoms with Gasteiger partial charge in [0.15, 0.2) is 5.78 Å². The molecule has 1 aromatic carbocycles. The molecule has 2 rings (SSSR count).